The van der Waals surface area contributed by atoms with Crippen LogP contribution in [0.1, 0.15) is 248 Å². The van der Waals surface area contributed by atoms with Crippen molar-refractivity contribution in [1.82, 2.24) is 0 Å². The van der Waals surface area contributed by atoms with Crippen molar-refractivity contribution in [3.05, 3.63) is 215 Å². The maximum Gasteiger partial charge on any atom is 0.392 e. The topological polar surface area (TPSA) is 154 Å². The molecule has 6 aromatic carbocycles. The van der Waals surface area contributed by atoms with E-state index >= 15 is 0 Å². The van der Waals surface area contributed by atoms with E-state index in [9.17, 15) is 65.1 Å². The third kappa shape index (κ3) is 43.1. The van der Waals surface area contributed by atoms with Crippen molar-refractivity contribution in [2.45, 2.75) is 259 Å². The molecule has 16 heteroatoms. The molecule has 2 saturated carbocycles. The summed E-state index contributed by atoms with van der Waals surface area (Å²) in [4.78, 5) is 110. The summed E-state index contributed by atoms with van der Waals surface area (Å²) in [6.45, 7) is 36.4. The normalized spacial score (nSPS) is 13.8. The van der Waals surface area contributed by atoms with Gasteiger partial charge in [0.05, 0.1) is 23.2 Å². The molecule has 6 aromatic rings. The average molecular weight is 1570 g/mol. The molecule has 111 heavy (non-hydrogen) atoms. The summed E-state index contributed by atoms with van der Waals surface area (Å²) in [7, 11) is 0. The van der Waals surface area contributed by atoms with Crippen LogP contribution in [0.2, 0.25) is 0 Å². The Kier molecular flexibility index (Phi) is 38.6. The number of carbonyl (C=O) groups is 9. The van der Waals surface area contributed by atoms with Crippen molar-refractivity contribution in [3.8, 4) is 0 Å². The molecule has 604 valence electrons. The second kappa shape index (κ2) is 44.0. The zero-order valence-corrected chi connectivity index (χ0v) is 70.9. The van der Waals surface area contributed by atoms with E-state index < -0.39 is 29.3 Å². The minimum atomic E-state index is -4.34. The van der Waals surface area contributed by atoms with E-state index in [1.807, 2.05) is 174 Å². The Morgan fingerprint density at radius 2 is 0.559 bits per heavy atom. The third-order valence-corrected chi connectivity index (χ3v) is 18.2. The number of ketones is 9. The van der Waals surface area contributed by atoms with Gasteiger partial charge in [-0.3, -0.25) is 43.2 Å². The number of halogens is 5. The van der Waals surface area contributed by atoms with Gasteiger partial charge in [-0.15, -0.1) is 0 Å². The van der Waals surface area contributed by atoms with Gasteiger partial charge in [-0.2, -0.15) is 13.2 Å². The predicted molar refractivity (Wildman–Crippen MR) is 447 cm³/mol. The Labute approximate surface area is 670 Å². The number of Topliss-reactive ketones (excluding diaryl/α,β-unsaturated/α-hetero) is 9. The first-order chi connectivity index (χ1) is 51.1. The number of hydrogen-bond acceptors (Lipinski definition) is 11. The molecule has 1 atom stereocenters. The molecule has 2 aliphatic rings. The number of carbonyl (C=O) groups excluding carboxylic acids is 9. The Bertz CT molecular complexity index is 3900. The van der Waals surface area contributed by atoms with Crippen LogP contribution in [0.3, 0.4) is 0 Å². The second-order valence-electron chi connectivity index (χ2n) is 37.3. The van der Waals surface area contributed by atoms with Crippen LogP contribution in [-0.2, 0) is 81.7 Å². The van der Waals surface area contributed by atoms with Crippen LogP contribution >= 0.6 is 24.4 Å². The highest BCUT2D eigenvalue weighted by Crippen LogP contribution is 2.51. The summed E-state index contributed by atoms with van der Waals surface area (Å²) < 4.78 is 64.7. The summed E-state index contributed by atoms with van der Waals surface area (Å²) in [5.41, 5.74) is 3.69. The Balaban J connectivity index is 0.000000346. The molecule has 0 aliphatic heterocycles. The highest BCUT2D eigenvalue weighted by Gasteiger charge is 2.56. The Morgan fingerprint density at radius 1 is 0.306 bits per heavy atom. The van der Waals surface area contributed by atoms with Gasteiger partial charge < -0.3 is 0 Å². The molecule has 0 amide bonds. The highest BCUT2D eigenvalue weighted by atomic mass is 32.1. The van der Waals surface area contributed by atoms with E-state index in [1.54, 1.807) is 54.6 Å². The number of hydrogen-bond donors (Lipinski definition) is 0. The van der Waals surface area contributed by atoms with Crippen LogP contribution in [0.15, 0.2) is 170 Å². The molecule has 2 fully saturated rings. The first kappa shape index (κ1) is 97.4. The Hall–Kier alpha value is -7.82. The third-order valence-electron chi connectivity index (χ3n) is 17.7. The lowest BCUT2D eigenvalue weighted by Gasteiger charge is -2.22. The first-order valence-electron chi connectivity index (χ1n) is 38.6. The van der Waals surface area contributed by atoms with Gasteiger partial charge in [0.1, 0.15) is 52.1 Å². The van der Waals surface area contributed by atoms with Gasteiger partial charge in [-0.1, -0.05) is 295 Å². The van der Waals surface area contributed by atoms with Crippen LogP contribution in [0.5, 0.6) is 0 Å². The summed E-state index contributed by atoms with van der Waals surface area (Å²) in [6, 6.07) is 49.5. The van der Waals surface area contributed by atoms with Crippen LogP contribution < -0.4 is 0 Å². The van der Waals surface area contributed by atoms with Crippen molar-refractivity contribution in [3.63, 3.8) is 0 Å². The minimum absolute atomic E-state index is 0.00505. The quantitative estimate of drug-likeness (QED) is 0.0240. The molecule has 0 heterocycles. The Morgan fingerprint density at radius 3 is 0.838 bits per heavy atom. The number of rotatable bonds is 30. The van der Waals surface area contributed by atoms with Crippen molar-refractivity contribution in [1.29, 1.82) is 0 Å². The van der Waals surface area contributed by atoms with Gasteiger partial charge >= 0.3 is 6.18 Å². The van der Waals surface area contributed by atoms with Gasteiger partial charge in [-0.25, -0.2) is 8.78 Å². The molecule has 0 radical (unpaired) electrons. The van der Waals surface area contributed by atoms with E-state index in [-0.39, 0.29) is 122 Å². The SMILES string of the molecule is CC(C)(C)CC(=O)C1(C(=O)Cc2ccc(F)cc2)CC1.CC(C)(C)CC(=O)C1(C(=O)Cc2ccccc2)CC1.CC(C)(C)CC(=O)CC(=O)Cc1ccccc1.CC(C)(C)CC(=O)CC(Cc1ccccc1)C(F)(F)F.CC(C)(C)CC(=S)CC(=O)Cc1ccc(F)cc1.CC(C)(C)CC(=S)CC(=O)Cc1ccccc1. The maximum atomic E-state index is 13.0. The highest BCUT2D eigenvalue weighted by molar-refractivity contribution is 7.80. The molecule has 2 aliphatic carbocycles. The van der Waals surface area contributed by atoms with Gasteiger partial charge in [0.25, 0.3) is 0 Å². The smallest absolute Gasteiger partial charge is 0.300 e. The van der Waals surface area contributed by atoms with Crippen LogP contribution in [0.4, 0.5) is 22.0 Å². The van der Waals surface area contributed by atoms with Crippen LogP contribution in [0.25, 0.3) is 0 Å². The molecular weight excluding hydrogens is 1440 g/mol. The maximum absolute atomic E-state index is 13.0. The van der Waals surface area contributed by atoms with Crippen LogP contribution in [0, 0.1) is 60.9 Å². The molecule has 9 nitrogen and oxygen atoms in total. The zero-order chi connectivity index (χ0) is 84.0. The number of thiocarbonyl (C=S) groups is 2. The first-order valence-corrected chi connectivity index (χ1v) is 39.4. The molecule has 0 bridgehead atoms. The standard InChI is InChI=1S/C17H21FO2.C17H22O2.C16H21F3O.C15H19FOS.C15H20O2.C15H20OS/c1-16(2,3)11-15(20)17(8-9-17)14(19)10-12-4-6-13(18)7-5-12;1-16(2,3)12-15(19)17(9-10-17)14(18)11-13-7-5-4-6-8-13;1-15(2,3)11-14(20)10-13(16(17,18)19)9-12-7-5-4-6-8-12;1-15(2,3)10-14(18)9-13(17)8-11-4-6-12(16)7-5-11;2*1-15(2,3)11-14(17)10-13(16)9-12-7-5-4-6-8-12/h4-7H,8-11H2,1-3H3;4-8H,9-12H2,1-3H3;4-8,13H,9-11H2,1-3H3;4-7H,8-10H2,1-3H3;2*4-8H,9-11H2,1-3H3. The van der Waals surface area contributed by atoms with Crippen molar-refractivity contribution >= 4 is 86.2 Å². The van der Waals surface area contributed by atoms with E-state index in [0.717, 1.165) is 63.2 Å². The largest absolute Gasteiger partial charge is 0.392 e. The minimum Gasteiger partial charge on any atom is -0.300 e. The fourth-order valence-electron chi connectivity index (χ4n) is 12.3. The zero-order valence-electron chi connectivity index (χ0n) is 69.3. The lowest BCUT2D eigenvalue weighted by Crippen LogP contribution is -2.30. The van der Waals surface area contributed by atoms with Crippen LogP contribution in [-0.4, -0.2) is 68.0 Å². The van der Waals surface area contributed by atoms with E-state index in [4.69, 9.17) is 24.4 Å². The lowest BCUT2D eigenvalue weighted by molar-refractivity contribution is -0.178. The van der Waals surface area contributed by atoms with Gasteiger partial charge in [0.2, 0.25) is 0 Å². The molecule has 0 aromatic heterocycles. The van der Waals surface area contributed by atoms with Gasteiger partial charge in [0.15, 0.2) is 11.6 Å². The second-order valence-corrected chi connectivity index (χ2v) is 38.5. The number of benzene rings is 6. The van der Waals surface area contributed by atoms with E-state index in [0.29, 0.717) is 76.2 Å². The summed E-state index contributed by atoms with van der Waals surface area (Å²) in [5, 5.41) is 0. The van der Waals surface area contributed by atoms with Gasteiger partial charge in [0, 0.05) is 86.8 Å². The summed E-state index contributed by atoms with van der Waals surface area (Å²) >= 11 is 10.5. The molecule has 1 unspecified atom stereocenters. The summed E-state index contributed by atoms with van der Waals surface area (Å²) in [5.74, 6) is -1.87. The monoisotopic (exact) mass is 1570 g/mol. The lowest BCUT2D eigenvalue weighted by atomic mass is 9.81. The number of alkyl halides is 3. The van der Waals surface area contributed by atoms with E-state index in [1.165, 1.54) is 24.3 Å². The molecule has 0 spiro atoms. The molecule has 0 saturated heterocycles. The molecule has 8 rings (SSSR count). The summed E-state index contributed by atoms with van der Waals surface area (Å²) in [6.07, 6.45) is 3.69. The fourth-order valence-corrected chi connectivity index (χ4v) is 13.5. The average Bonchev–Trinajstić information content (AvgIpc) is 1.61. The fraction of sp³-hybridized carbons (Fsp3) is 0.505. The van der Waals surface area contributed by atoms with Crippen molar-refractivity contribution in [2.24, 2.45) is 49.2 Å². The van der Waals surface area contributed by atoms with E-state index in [2.05, 4.69) is 41.5 Å². The molecule has 0 N–H and O–H groups in total. The van der Waals surface area contributed by atoms with Crippen molar-refractivity contribution in [2.75, 3.05) is 0 Å². The molecular formula is C95H123F5O9S2. The predicted octanol–water partition coefficient (Wildman–Crippen LogP) is 23.4. The van der Waals surface area contributed by atoms with Gasteiger partial charge in [-0.05, 0) is 135 Å². The van der Waals surface area contributed by atoms with Crippen molar-refractivity contribution < 1.29 is 65.1 Å².